The Morgan fingerprint density at radius 2 is 1.90 bits per heavy atom. The molecule has 0 atom stereocenters. The van der Waals surface area contributed by atoms with Crippen LogP contribution in [0.25, 0.3) is 11.4 Å². The number of hydrogen-bond acceptors (Lipinski definition) is 5. The first-order chi connectivity index (χ1) is 10.2. The standard InChI is InChI=1S/C15H12ClN3OS/c16-11-7-4-8-12(17)14(11)21-9-13-18-15(19-20-13)10-5-2-1-3-6-10/h1-8H,9,17H2. The minimum Gasteiger partial charge on any atom is -0.398 e. The van der Waals surface area contributed by atoms with Crippen molar-refractivity contribution in [2.75, 3.05) is 5.73 Å². The fourth-order valence-electron chi connectivity index (χ4n) is 1.83. The van der Waals surface area contributed by atoms with Crippen LogP contribution in [0.5, 0.6) is 0 Å². The van der Waals surface area contributed by atoms with Crippen LogP contribution in [-0.2, 0) is 5.75 Å². The van der Waals surface area contributed by atoms with Crippen molar-refractivity contribution in [1.29, 1.82) is 0 Å². The molecular weight excluding hydrogens is 306 g/mol. The predicted molar refractivity (Wildman–Crippen MR) is 85.2 cm³/mol. The summed E-state index contributed by atoms with van der Waals surface area (Å²) < 4.78 is 5.25. The maximum atomic E-state index is 6.13. The lowest BCUT2D eigenvalue weighted by molar-refractivity contribution is 0.391. The van der Waals surface area contributed by atoms with Gasteiger partial charge in [0.25, 0.3) is 0 Å². The molecule has 0 fully saturated rings. The van der Waals surface area contributed by atoms with Crippen molar-refractivity contribution in [2.24, 2.45) is 0 Å². The van der Waals surface area contributed by atoms with Gasteiger partial charge in [-0.05, 0) is 12.1 Å². The molecule has 4 nitrogen and oxygen atoms in total. The van der Waals surface area contributed by atoms with Gasteiger partial charge in [-0.15, -0.1) is 11.8 Å². The van der Waals surface area contributed by atoms with Crippen LogP contribution in [0.2, 0.25) is 5.02 Å². The third kappa shape index (κ3) is 3.20. The number of anilines is 1. The second-order valence-corrected chi connectivity index (χ2v) is 5.72. The van der Waals surface area contributed by atoms with E-state index in [1.165, 1.54) is 11.8 Å². The number of aromatic nitrogens is 2. The number of nitrogens with two attached hydrogens (primary N) is 1. The van der Waals surface area contributed by atoms with Crippen LogP contribution >= 0.6 is 23.4 Å². The lowest BCUT2D eigenvalue weighted by atomic mass is 10.2. The Hall–Kier alpha value is -1.98. The van der Waals surface area contributed by atoms with Gasteiger partial charge < -0.3 is 10.3 Å². The summed E-state index contributed by atoms with van der Waals surface area (Å²) in [4.78, 5) is 5.20. The average molecular weight is 318 g/mol. The molecule has 0 aliphatic carbocycles. The summed E-state index contributed by atoms with van der Waals surface area (Å²) in [6.45, 7) is 0. The summed E-state index contributed by atoms with van der Waals surface area (Å²) in [7, 11) is 0. The lowest BCUT2D eigenvalue weighted by Gasteiger charge is -2.05. The van der Waals surface area contributed by atoms with Gasteiger partial charge >= 0.3 is 0 Å². The zero-order chi connectivity index (χ0) is 14.7. The fraction of sp³-hybridized carbons (Fsp3) is 0.0667. The van der Waals surface area contributed by atoms with Gasteiger partial charge in [0.15, 0.2) is 0 Å². The van der Waals surface area contributed by atoms with Crippen molar-refractivity contribution < 1.29 is 4.52 Å². The minimum atomic E-state index is 0.522. The second kappa shape index (κ2) is 6.20. The van der Waals surface area contributed by atoms with Gasteiger partial charge in [-0.1, -0.05) is 53.2 Å². The van der Waals surface area contributed by atoms with E-state index >= 15 is 0 Å². The molecule has 2 aromatic carbocycles. The number of nitrogen functional groups attached to an aromatic ring is 1. The first kappa shape index (κ1) is 14.0. The summed E-state index contributed by atoms with van der Waals surface area (Å²) in [5.74, 6) is 1.64. The molecule has 6 heteroatoms. The Kier molecular flexibility index (Phi) is 4.13. The molecule has 3 rings (SSSR count). The van der Waals surface area contributed by atoms with Crippen molar-refractivity contribution in [1.82, 2.24) is 10.1 Å². The van der Waals surface area contributed by atoms with E-state index in [0.29, 0.717) is 28.2 Å². The van der Waals surface area contributed by atoms with E-state index in [1.807, 2.05) is 48.5 Å². The molecule has 1 aromatic heterocycles. The Labute approximate surface area is 131 Å². The molecule has 0 unspecified atom stereocenters. The molecule has 0 saturated heterocycles. The van der Waals surface area contributed by atoms with Crippen LogP contribution < -0.4 is 5.73 Å². The Bertz CT molecular complexity index is 725. The van der Waals surface area contributed by atoms with Crippen molar-refractivity contribution in [2.45, 2.75) is 10.6 Å². The van der Waals surface area contributed by atoms with Crippen molar-refractivity contribution in [3.63, 3.8) is 0 Å². The number of nitrogens with zero attached hydrogens (tertiary/aromatic N) is 2. The predicted octanol–water partition coefficient (Wildman–Crippen LogP) is 4.26. The molecule has 0 aliphatic heterocycles. The first-order valence-electron chi connectivity index (χ1n) is 6.29. The number of rotatable bonds is 4. The number of thioether (sulfide) groups is 1. The quantitative estimate of drug-likeness (QED) is 0.575. The van der Waals surface area contributed by atoms with E-state index in [9.17, 15) is 0 Å². The molecule has 21 heavy (non-hydrogen) atoms. The van der Waals surface area contributed by atoms with Gasteiger partial charge in [0.2, 0.25) is 11.7 Å². The molecule has 0 radical (unpaired) electrons. The van der Waals surface area contributed by atoms with Crippen LogP contribution in [0.4, 0.5) is 5.69 Å². The molecule has 0 aliphatic rings. The SMILES string of the molecule is Nc1cccc(Cl)c1SCc1nc(-c2ccccc2)no1. The largest absolute Gasteiger partial charge is 0.398 e. The van der Waals surface area contributed by atoms with Gasteiger partial charge in [0.05, 0.1) is 10.8 Å². The molecular formula is C15H12ClN3OS. The molecule has 1 heterocycles. The zero-order valence-electron chi connectivity index (χ0n) is 11.0. The van der Waals surface area contributed by atoms with E-state index in [-0.39, 0.29) is 0 Å². The Balaban J connectivity index is 1.74. The van der Waals surface area contributed by atoms with E-state index in [0.717, 1.165) is 10.5 Å². The van der Waals surface area contributed by atoms with E-state index in [1.54, 1.807) is 0 Å². The summed E-state index contributed by atoms with van der Waals surface area (Å²) in [5.41, 5.74) is 7.48. The minimum absolute atomic E-state index is 0.522. The van der Waals surface area contributed by atoms with Gasteiger partial charge in [-0.3, -0.25) is 0 Å². The third-order valence-corrected chi connectivity index (χ3v) is 4.40. The molecule has 0 saturated carbocycles. The average Bonchev–Trinajstić information content (AvgIpc) is 2.97. The second-order valence-electron chi connectivity index (χ2n) is 4.32. The molecule has 0 spiro atoms. The van der Waals surface area contributed by atoms with E-state index in [2.05, 4.69) is 10.1 Å². The molecule has 3 aromatic rings. The normalized spacial score (nSPS) is 10.7. The highest BCUT2D eigenvalue weighted by atomic mass is 35.5. The van der Waals surface area contributed by atoms with Crippen LogP contribution in [0.1, 0.15) is 5.89 Å². The molecule has 0 amide bonds. The molecule has 2 N–H and O–H groups in total. The topological polar surface area (TPSA) is 64.9 Å². The van der Waals surface area contributed by atoms with Gasteiger partial charge in [-0.25, -0.2) is 0 Å². The fourth-order valence-corrected chi connectivity index (χ4v) is 3.00. The van der Waals surface area contributed by atoms with Crippen molar-refractivity contribution in [3.05, 3.63) is 59.4 Å². The van der Waals surface area contributed by atoms with Crippen molar-refractivity contribution in [3.8, 4) is 11.4 Å². The summed E-state index contributed by atoms with van der Waals surface area (Å²) in [5, 5.41) is 4.61. The van der Waals surface area contributed by atoms with Gasteiger partial charge in [-0.2, -0.15) is 4.98 Å². The maximum Gasteiger partial charge on any atom is 0.237 e. The first-order valence-corrected chi connectivity index (χ1v) is 7.65. The van der Waals surface area contributed by atoms with Crippen molar-refractivity contribution >= 4 is 29.1 Å². The van der Waals surface area contributed by atoms with Gasteiger partial charge in [0, 0.05) is 16.1 Å². The Morgan fingerprint density at radius 1 is 1.10 bits per heavy atom. The highest BCUT2D eigenvalue weighted by molar-refractivity contribution is 7.98. The summed E-state index contributed by atoms with van der Waals surface area (Å²) in [6.07, 6.45) is 0. The highest BCUT2D eigenvalue weighted by Crippen LogP contribution is 2.34. The molecule has 106 valence electrons. The van der Waals surface area contributed by atoms with Crippen LogP contribution in [-0.4, -0.2) is 10.1 Å². The monoisotopic (exact) mass is 317 g/mol. The van der Waals surface area contributed by atoms with Crippen LogP contribution in [0, 0.1) is 0 Å². The van der Waals surface area contributed by atoms with Gasteiger partial charge in [0.1, 0.15) is 0 Å². The number of halogens is 1. The third-order valence-electron chi connectivity index (χ3n) is 2.84. The Morgan fingerprint density at radius 3 is 2.67 bits per heavy atom. The smallest absolute Gasteiger partial charge is 0.237 e. The highest BCUT2D eigenvalue weighted by Gasteiger charge is 2.11. The van der Waals surface area contributed by atoms with E-state index in [4.69, 9.17) is 21.9 Å². The summed E-state index contributed by atoms with van der Waals surface area (Å²) >= 11 is 7.61. The van der Waals surface area contributed by atoms with Crippen LogP contribution in [0.15, 0.2) is 57.9 Å². The maximum absolute atomic E-state index is 6.13. The number of hydrogen-bond donors (Lipinski definition) is 1. The van der Waals surface area contributed by atoms with E-state index < -0.39 is 0 Å². The summed E-state index contributed by atoms with van der Waals surface area (Å²) in [6, 6.07) is 15.1. The zero-order valence-corrected chi connectivity index (χ0v) is 12.6. The van der Waals surface area contributed by atoms with Crippen LogP contribution in [0.3, 0.4) is 0 Å². The number of benzene rings is 2. The molecule has 0 bridgehead atoms. The lowest BCUT2D eigenvalue weighted by Crippen LogP contribution is -1.90.